The molecule has 0 saturated heterocycles. The van der Waals surface area contributed by atoms with Crippen molar-refractivity contribution < 1.29 is 23.9 Å². The molecule has 2 aromatic carbocycles. The van der Waals surface area contributed by atoms with Gasteiger partial charge in [-0.3, -0.25) is 24.1 Å². The molecule has 0 spiro atoms. The lowest BCUT2D eigenvalue weighted by molar-refractivity contribution is -0.124. The highest BCUT2D eigenvalue weighted by Crippen LogP contribution is 2.24. The molecule has 4 amide bonds. The largest absolute Gasteiger partial charge is 0.497 e. The summed E-state index contributed by atoms with van der Waals surface area (Å²) in [6.07, 6.45) is 0.361. The maximum Gasteiger partial charge on any atom is 0.261 e. The third-order valence-electron chi connectivity index (χ3n) is 5.15. The first-order chi connectivity index (χ1) is 15.6. The van der Waals surface area contributed by atoms with Gasteiger partial charge in [-0.05, 0) is 63.6 Å². The molecule has 0 fully saturated rings. The van der Waals surface area contributed by atoms with Crippen LogP contribution in [-0.2, 0) is 9.59 Å². The van der Waals surface area contributed by atoms with Gasteiger partial charge in [-0.1, -0.05) is 12.1 Å². The summed E-state index contributed by atoms with van der Waals surface area (Å²) in [5.74, 6) is -0.622. The van der Waals surface area contributed by atoms with E-state index in [-0.39, 0.29) is 49.6 Å². The van der Waals surface area contributed by atoms with Crippen LogP contribution in [0, 0.1) is 0 Å². The molecule has 3 rings (SSSR count). The van der Waals surface area contributed by atoms with Gasteiger partial charge in [0.15, 0.2) is 0 Å². The zero-order chi connectivity index (χ0) is 24.2. The molecule has 0 unspecified atom stereocenters. The van der Waals surface area contributed by atoms with Crippen molar-refractivity contribution in [2.75, 3.05) is 25.1 Å². The maximum atomic E-state index is 13.1. The Morgan fingerprint density at radius 2 is 1.55 bits per heavy atom. The van der Waals surface area contributed by atoms with Gasteiger partial charge in [0.05, 0.1) is 18.2 Å². The van der Waals surface area contributed by atoms with E-state index in [0.717, 1.165) is 0 Å². The Morgan fingerprint density at radius 3 is 2.06 bits per heavy atom. The van der Waals surface area contributed by atoms with Crippen molar-refractivity contribution in [2.45, 2.75) is 39.2 Å². The Kier molecular flexibility index (Phi) is 7.16. The predicted octanol–water partition coefficient (Wildman–Crippen LogP) is 3.02. The van der Waals surface area contributed by atoms with Gasteiger partial charge in [-0.15, -0.1) is 0 Å². The van der Waals surface area contributed by atoms with E-state index in [4.69, 9.17) is 4.74 Å². The van der Waals surface area contributed by atoms with Gasteiger partial charge in [0.1, 0.15) is 12.3 Å². The third kappa shape index (κ3) is 5.77. The number of nitrogens with one attached hydrogen (secondary N) is 1. The number of hydrogen-bond donors (Lipinski definition) is 1. The second-order valence-corrected chi connectivity index (χ2v) is 8.89. The van der Waals surface area contributed by atoms with Gasteiger partial charge in [0, 0.05) is 24.2 Å². The molecule has 8 heteroatoms. The number of carbonyl (C=O) groups is 4. The average molecular weight is 452 g/mol. The van der Waals surface area contributed by atoms with Crippen LogP contribution in [0.2, 0.25) is 0 Å². The van der Waals surface area contributed by atoms with Gasteiger partial charge in [0.2, 0.25) is 11.8 Å². The molecule has 0 saturated carbocycles. The Labute approximate surface area is 193 Å². The van der Waals surface area contributed by atoms with Crippen LogP contribution in [0.1, 0.15) is 54.3 Å². The number of fused-ring (bicyclic) bond motifs is 1. The molecular formula is C25H29N3O5. The predicted molar refractivity (Wildman–Crippen MR) is 124 cm³/mol. The van der Waals surface area contributed by atoms with E-state index in [9.17, 15) is 19.2 Å². The number of hydrogen-bond acceptors (Lipinski definition) is 5. The lowest BCUT2D eigenvalue weighted by Gasteiger charge is -2.26. The molecule has 0 aliphatic carbocycles. The first-order valence-electron chi connectivity index (χ1n) is 10.8. The fraction of sp³-hybridized carbons (Fsp3) is 0.360. The molecule has 0 radical (unpaired) electrons. The Bertz CT molecular complexity index is 1020. The number of nitrogens with zero attached hydrogens (tertiary/aromatic N) is 2. The number of imide groups is 1. The standard InChI is InChI=1S/C25H29N3O5/c1-25(2,3)26-21(29)16-28(17-11-13-18(33-4)14-12-17)22(30)10-7-15-27-23(31)19-8-5-6-9-20(19)24(27)32/h5-6,8-9,11-14H,7,10,15-16H2,1-4H3,(H,26,29). The summed E-state index contributed by atoms with van der Waals surface area (Å²) in [4.78, 5) is 53.2. The second-order valence-electron chi connectivity index (χ2n) is 8.89. The van der Waals surface area contributed by atoms with E-state index in [1.165, 1.54) is 9.80 Å². The molecule has 174 valence electrons. The SMILES string of the molecule is COc1ccc(N(CC(=O)NC(C)(C)C)C(=O)CCCN2C(=O)c3ccccc3C2=O)cc1. The van der Waals surface area contributed by atoms with Gasteiger partial charge in [-0.2, -0.15) is 0 Å². The average Bonchev–Trinajstić information content (AvgIpc) is 3.01. The van der Waals surface area contributed by atoms with Crippen LogP contribution < -0.4 is 15.0 Å². The maximum absolute atomic E-state index is 13.1. The summed E-state index contributed by atoms with van der Waals surface area (Å²) in [5.41, 5.74) is 0.891. The molecule has 8 nitrogen and oxygen atoms in total. The van der Waals surface area contributed by atoms with E-state index < -0.39 is 5.54 Å². The molecule has 1 heterocycles. The normalized spacial score (nSPS) is 13.0. The number of rotatable bonds is 8. The van der Waals surface area contributed by atoms with Crippen molar-refractivity contribution in [2.24, 2.45) is 0 Å². The minimum atomic E-state index is -0.433. The van der Waals surface area contributed by atoms with E-state index in [0.29, 0.717) is 22.6 Å². The van der Waals surface area contributed by atoms with Crippen LogP contribution in [0.15, 0.2) is 48.5 Å². The summed E-state index contributed by atoms with van der Waals surface area (Å²) in [6.45, 7) is 5.59. The summed E-state index contributed by atoms with van der Waals surface area (Å²) in [7, 11) is 1.55. The zero-order valence-electron chi connectivity index (χ0n) is 19.4. The van der Waals surface area contributed by atoms with Crippen molar-refractivity contribution in [3.8, 4) is 5.75 Å². The van der Waals surface area contributed by atoms with E-state index in [1.54, 1.807) is 55.6 Å². The second kappa shape index (κ2) is 9.85. The monoisotopic (exact) mass is 451 g/mol. The molecule has 1 N–H and O–H groups in total. The number of anilines is 1. The summed E-state index contributed by atoms with van der Waals surface area (Å²) >= 11 is 0. The lowest BCUT2D eigenvalue weighted by Crippen LogP contribution is -2.47. The molecule has 33 heavy (non-hydrogen) atoms. The smallest absolute Gasteiger partial charge is 0.261 e. The first-order valence-corrected chi connectivity index (χ1v) is 10.8. The van der Waals surface area contributed by atoms with Crippen LogP contribution >= 0.6 is 0 Å². The fourth-order valence-corrected chi connectivity index (χ4v) is 3.65. The number of amides is 4. The Balaban J connectivity index is 1.67. The molecule has 1 aliphatic heterocycles. The third-order valence-corrected chi connectivity index (χ3v) is 5.15. The highest BCUT2D eigenvalue weighted by Gasteiger charge is 2.34. The van der Waals surface area contributed by atoms with Crippen molar-refractivity contribution in [1.82, 2.24) is 10.2 Å². The van der Waals surface area contributed by atoms with Crippen LogP contribution in [0.4, 0.5) is 5.69 Å². The van der Waals surface area contributed by atoms with Crippen molar-refractivity contribution in [1.29, 1.82) is 0 Å². The summed E-state index contributed by atoms with van der Waals surface area (Å²) < 4.78 is 5.17. The highest BCUT2D eigenvalue weighted by atomic mass is 16.5. The van der Waals surface area contributed by atoms with Crippen molar-refractivity contribution in [3.05, 3.63) is 59.7 Å². The zero-order valence-corrected chi connectivity index (χ0v) is 19.4. The molecule has 1 aliphatic rings. The van der Waals surface area contributed by atoms with Crippen LogP contribution in [0.5, 0.6) is 5.75 Å². The molecule has 0 bridgehead atoms. The topological polar surface area (TPSA) is 96.0 Å². The van der Waals surface area contributed by atoms with Crippen LogP contribution in [0.3, 0.4) is 0 Å². The van der Waals surface area contributed by atoms with Gasteiger partial charge in [0.25, 0.3) is 11.8 Å². The lowest BCUT2D eigenvalue weighted by atomic mass is 10.1. The van der Waals surface area contributed by atoms with Gasteiger partial charge in [-0.25, -0.2) is 0 Å². The molecule has 2 aromatic rings. The molecule has 0 aromatic heterocycles. The minimum Gasteiger partial charge on any atom is -0.497 e. The number of carbonyl (C=O) groups excluding carboxylic acids is 4. The van der Waals surface area contributed by atoms with E-state index >= 15 is 0 Å². The number of ether oxygens (including phenoxy) is 1. The Morgan fingerprint density at radius 1 is 0.970 bits per heavy atom. The van der Waals surface area contributed by atoms with E-state index in [1.807, 2.05) is 20.8 Å². The van der Waals surface area contributed by atoms with E-state index in [2.05, 4.69) is 5.32 Å². The highest BCUT2D eigenvalue weighted by molar-refractivity contribution is 6.21. The molecular weight excluding hydrogens is 422 g/mol. The van der Waals surface area contributed by atoms with Gasteiger partial charge >= 0.3 is 0 Å². The number of benzene rings is 2. The van der Waals surface area contributed by atoms with Gasteiger partial charge < -0.3 is 15.0 Å². The van der Waals surface area contributed by atoms with Crippen LogP contribution in [-0.4, -0.2) is 54.3 Å². The Hall–Kier alpha value is -3.68. The van der Waals surface area contributed by atoms with Crippen molar-refractivity contribution >= 4 is 29.3 Å². The quantitative estimate of drug-likeness (QED) is 0.623. The first kappa shape index (κ1) is 24.0. The van der Waals surface area contributed by atoms with Crippen molar-refractivity contribution in [3.63, 3.8) is 0 Å². The number of methoxy groups -OCH3 is 1. The minimum absolute atomic E-state index is 0.0717. The van der Waals surface area contributed by atoms with Crippen LogP contribution in [0.25, 0.3) is 0 Å². The summed E-state index contributed by atoms with van der Waals surface area (Å²) in [5, 5.41) is 2.86. The summed E-state index contributed by atoms with van der Waals surface area (Å²) in [6, 6.07) is 13.5. The fourth-order valence-electron chi connectivity index (χ4n) is 3.65. The molecule has 0 atom stereocenters.